The Labute approximate surface area is 125 Å². The van der Waals surface area contributed by atoms with E-state index in [1.165, 1.54) is 0 Å². The van der Waals surface area contributed by atoms with Crippen LogP contribution >= 0.6 is 0 Å². The first-order valence-corrected chi connectivity index (χ1v) is 6.62. The molecular weight excluding hydrogens is 270 g/mol. The van der Waals surface area contributed by atoms with E-state index < -0.39 is 5.97 Å². The summed E-state index contributed by atoms with van der Waals surface area (Å²) in [6, 6.07) is 7.24. The van der Waals surface area contributed by atoms with Crippen LogP contribution in [0.4, 0.5) is 0 Å². The SMILES string of the molecule is COc1ccc(C#N)cc1CN(CCN(C)C)CC(=O)O. The molecule has 0 unspecified atom stereocenters. The molecule has 0 aliphatic heterocycles. The maximum absolute atomic E-state index is 11.0. The van der Waals surface area contributed by atoms with Crippen molar-refractivity contribution in [3.8, 4) is 11.8 Å². The van der Waals surface area contributed by atoms with Gasteiger partial charge in [-0.3, -0.25) is 9.69 Å². The van der Waals surface area contributed by atoms with Gasteiger partial charge in [0.15, 0.2) is 0 Å². The van der Waals surface area contributed by atoms with Crippen LogP contribution in [-0.2, 0) is 11.3 Å². The van der Waals surface area contributed by atoms with Gasteiger partial charge in [0.1, 0.15) is 5.75 Å². The van der Waals surface area contributed by atoms with Crippen LogP contribution in [0.3, 0.4) is 0 Å². The third-order valence-electron chi connectivity index (χ3n) is 3.03. The van der Waals surface area contributed by atoms with Gasteiger partial charge in [-0.15, -0.1) is 0 Å². The number of hydrogen-bond donors (Lipinski definition) is 1. The van der Waals surface area contributed by atoms with E-state index in [2.05, 4.69) is 6.07 Å². The number of likely N-dealkylation sites (N-methyl/N-ethyl adjacent to an activating group) is 1. The molecule has 1 N–H and O–H groups in total. The van der Waals surface area contributed by atoms with E-state index in [4.69, 9.17) is 15.1 Å². The maximum atomic E-state index is 11.0. The molecule has 0 atom stereocenters. The van der Waals surface area contributed by atoms with Gasteiger partial charge < -0.3 is 14.7 Å². The Morgan fingerprint density at radius 2 is 2.10 bits per heavy atom. The third-order valence-corrected chi connectivity index (χ3v) is 3.03. The molecule has 0 bridgehead atoms. The molecule has 1 rings (SSSR count). The zero-order valence-corrected chi connectivity index (χ0v) is 12.7. The molecule has 6 heteroatoms. The monoisotopic (exact) mass is 291 g/mol. The Bertz CT molecular complexity index is 523. The van der Waals surface area contributed by atoms with Gasteiger partial charge >= 0.3 is 5.97 Å². The number of rotatable bonds is 8. The van der Waals surface area contributed by atoms with Crippen molar-refractivity contribution in [1.82, 2.24) is 9.80 Å². The Morgan fingerprint density at radius 1 is 1.38 bits per heavy atom. The maximum Gasteiger partial charge on any atom is 0.317 e. The van der Waals surface area contributed by atoms with Crippen LogP contribution < -0.4 is 4.74 Å². The van der Waals surface area contributed by atoms with E-state index >= 15 is 0 Å². The van der Waals surface area contributed by atoms with Gasteiger partial charge in [0.25, 0.3) is 0 Å². The Morgan fingerprint density at radius 3 is 2.62 bits per heavy atom. The van der Waals surface area contributed by atoms with Gasteiger partial charge in [0.2, 0.25) is 0 Å². The van der Waals surface area contributed by atoms with Gasteiger partial charge in [-0.2, -0.15) is 5.26 Å². The van der Waals surface area contributed by atoms with Crippen molar-refractivity contribution in [3.63, 3.8) is 0 Å². The summed E-state index contributed by atoms with van der Waals surface area (Å²) < 4.78 is 5.28. The lowest BCUT2D eigenvalue weighted by atomic mass is 10.1. The Hall–Kier alpha value is -2.10. The van der Waals surface area contributed by atoms with Gasteiger partial charge in [-0.1, -0.05) is 0 Å². The van der Waals surface area contributed by atoms with Crippen LogP contribution in [0, 0.1) is 11.3 Å². The van der Waals surface area contributed by atoms with E-state index in [-0.39, 0.29) is 6.54 Å². The fraction of sp³-hybridized carbons (Fsp3) is 0.467. The second-order valence-electron chi connectivity index (χ2n) is 5.05. The molecule has 1 aromatic rings. The first kappa shape index (κ1) is 17.0. The second-order valence-corrected chi connectivity index (χ2v) is 5.05. The molecule has 0 saturated heterocycles. The molecule has 0 amide bonds. The number of carboxylic acids is 1. The summed E-state index contributed by atoms with van der Waals surface area (Å²) >= 11 is 0. The van der Waals surface area contributed by atoms with E-state index in [9.17, 15) is 4.79 Å². The van der Waals surface area contributed by atoms with Gasteiger partial charge in [0, 0.05) is 25.2 Å². The van der Waals surface area contributed by atoms with Crippen LogP contribution in [0.2, 0.25) is 0 Å². The molecular formula is C15H21N3O3. The lowest BCUT2D eigenvalue weighted by Gasteiger charge is -2.23. The van der Waals surface area contributed by atoms with Crippen molar-refractivity contribution in [2.45, 2.75) is 6.54 Å². The van der Waals surface area contributed by atoms with Crippen molar-refractivity contribution < 1.29 is 14.6 Å². The number of hydrogen-bond acceptors (Lipinski definition) is 5. The molecule has 114 valence electrons. The van der Waals surface area contributed by atoms with E-state index in [1.807, 2.05) is 23.9 Å². The molecule has 0 aromatic heterocycles. The first-order chi connectivity index (χ1) is 9.96. The van der Waals surface area contributed by atoms with Crippen LogP contribution in [0.5, 0.6) is 5.75 Å². The highest BCUT2D eigenvalue weighted by Gasteiger charge is 2.14. The largest absolute Gasteiger partial charge is 0.496 e. The van der Waals surface area contributed by atoms with Gasteiger partial charge in [-0.25, -0.2) is 0 Å². The molecule has 1 aromatic carbocycles. The van der Waals surface area contributed by atoms with Crippen molar-refractivity contribution in [2.24, 2.45) is 0 Å². The van der Waals surface area contributed by atoms with Crippen molar-refractivity contribution in [3.05, 3.63) is 29.3 Å². The predicted octanol–water partition coefficient (Wildman–Crippen LogP) is 1.02. The molecule has 0 aliphatic carbocycles. The summed E-state index contributed by atoms with van der Waals surface area (Å²) in [6.07, 6.45) is 0. The summed E-state index contributed by atoms with van der Waals surface area (Å²) in [5.74, 6) is -0.210. The van der Waals surface area contributed by atoms with E-state index in [1.54, 1.807) is 25.3 Å². The summed E-state index contributed by atoms with van der Waals surface area (Å²) in [5, 5.41) is 18.0. The van der Waals surface area contributed by atoms with Gasteiger partial charge in [-0.05, 0) is 32.3 Å². The number of benzene rings is 1. The molecule has 6 nitrogen and oxygen atoms in total. The second kappa shape index (κ2) is 8.25. The highest BCUT2D eigenvalue weighted by atomic mass is 16.5. The van der Waals surface area contributed by atoms with E-state index in [0.717, 1.165) is 12.1 Å². The number of nitrogens with zero attached hydrogens (tertiary/aromatic N) is 3. The fourth-order valence-corrected chi connectivity index (χ4v) is 1.96. The van der Waals surface area contributed by atoms with Crippen LogP contribution in [0.15, 0.2) is 18.2 Å². The third kappa shape index (κ3) is 5.81. The fourth-order valence-electron chi connectivity index (χ4n) is 1.96. The van der Waals surface area contributed by atoms with Crippen LogP contribution in [0.25, 0.3) is 0 Å². The minimum absolute atomic E-state index is 0.0478. The number of carboxylic acid groups (broad SMARTS) is 1. The molecule has 0 spiro atoms. The quantitative estimate of drug-likeness (QED) is 0.770. The number of nitriles is 1. The summed E-state index contributed by atoms with van der Waals surface area (Å²) in [4.78, 5) is 14.8. The number of aliphatic carboxylic acids is 1. The molecule has 0 heterocycles. The summed E-state index contributed by atoms with van der Waals surface area (Å²) in [5.41, 5.74) is 1.35. The average Bonchev–Trinajstić information content (AvgIpc) is 2.44. The summed E-state index contributed by atoms with van der Waals surface area (Å²) in [6.45, 7) is 1.76. The van der Waals surface area contributed by atoms with Crippen molar-refractivity contribution in [1.29, 1.82) is 5.26 Å². The lowest BCUT2D eigenvalue weighted by molar-refractivity contribution is -0.138. The minimum atomic E-state index is -0.871. The lowest BCUT2D eigenvalue weighted by Crippen LogP contribution is -2.35. The number of carbonyl (C=O) groups is 1. The normalized spacial score (nSPS) is 10.7. The zero-order valence-electron chi connectivity index (χ0n) is 12.7. The van der Waals surface area contributed by atoms with Crippen LogP contribution in [-0.4, -0.2) is 61.7 Å². The first-order valence-electron chi connectivity index (χ1n) is 6.62. The molecule has 0 fully saturated rings. The predicted molar refractivity (Wildman–Crippen MR) is 79.2 cm³/mol. The highest BCUT2D eigenvalue weighted by molar-refractivity contribution is 5.69. The summed E-state index contributed by atoms with van der Waals surface area (Å²) in [7, 11) is 5.44. The highest BCUT2D eigenvalue weighted by Crippen LogP contribution is 2.21. The topological polar surface area (TPSA) is 76.8 Å². The van der Waals surface area contributed by atoms with Gasteiger partial charge in [0.05, 0.1) is 25.3 Å². The van der Waals surface area contributed by atoms with Crippen LogP contribution in [0.1, 0.15) is 11.1 Å². The Balaban J connectivity index is 2.90. The minimum Gasteiger partial charge on any atom is -0.496 e. The Kier molecular flexibility index (Phi) is 6.66. The van der Waals surface area contributed by atoms with Crippen molar-refractivity contribution >= 4 is 5.97 Å². The standard InChI is InChI=1S/C15H21N3O3/c1-17(2)6-7-18(11-15(19)20)10-13-8-12(9-16)4-5-14(13)21-3/h4-5,8H,6-7,10-11H2,1-3H3,(H,19,20). The zero-order chi connectivity index (χ0) is 15.8. The molecule has 21 heavy (non-hydrogen) atoms. The van der Waals surface area contributed by atoms with Crippen molar-refractivity contribution in [2.75, 3.05) is 40.8 Å². The molecule has 0 aliphatic rings. The smallest absolute Gasteiger partial charge is 0.317 e. The molecule has 0 saturated carbocycles. The number of ether oxygens (including phenoxy) is 1. The number of methoxy groups -OCH3 is 1. The average molecular weight is 291 g/mol. The molecule has 0 radical (unpaired) electrons. The van der Waals surface area contributed by atoms with E-state index in [0.29, 0.717) is 24.4 Å².